The number of aliphatic carboxylic acids is 2. The number of hydrogen-bond donors (Lipinski definition) is 4. The Morgan fingerprint density at radius 1 is 0.853 bits per heavy atom. The van der Waals surface area contributed by atoms with Gasteiger partial charge in [0.25, 0.3) is 0 Å². The number of likely N-dealkylation sites (N-methyl/N-ethyl adjacent to an activating group) is 1. The highest BCUT2D eigenvalue weighted by Gasteiger charge is 2.28. The topological polar surface area (TPSA) is 149 Å². The van der Waals surface area contributed by atoms with E-state index in [1.54, 1.807) is 0 Å². The average Bonchev–Trinajstić information content (AvgIpc) is 2.79. The highest BCUT2D eigenvalue weighted by Crippen LogP contribution is 2.17. The van der Waals surface area contributed by atoms with Crippen LogP contribution in [0.4, 0.5) is 0 Å². The molecular formula is C24H42N6O4. The van der Waals surface area contributed by atoms with Gasteiger partial charge in [-0.1, -0.05) is 18.9 Å². The van der Waals surface area contributed by atoms with Crippen LogP contribution in [0.2, 0.25) is 0 Å². The van der Waals surface area contributed by atoms with E-state index in [0.717, 1.165) is 37.1 Å². The average molecular weight is 479 g/mol. The summed E-state index contributed by atoms with van der Waals surface area (Å²) in [5.41, 5.74) is 12.8. The molecule has 10 heteroatoms. The maximum Gasteiger partial charge on any atom is 0.320 e. The molecule has 0 saturated heterocycles. The Bertz CT molecular complexity index is 707. The minimum atomic E-state index is -0.823. The van der Waals surface area contributed by atoms with E-state index in [9.17, 15) is 19.8 Å². The molecule has 0 aliphatic carbocycles. The molecule has 2 heterocycles. The van der Waals surface area contributed by atoms with E-state index in [-0.39, 0.29) is 0 Å². The fourth-order valence-electron chi connectivity index (χ4n) is 4.41. The van der Waals surface area contributed by atoms with E-state index in [2.05, 4.69) is 4.90 Å². The molecule has 192 valence electrons. The van der Waals surface area contributed by atoms with E-state index in [1.807, 2.05) is 35.0 Å². The zero-order chi connectivity index (χ0) is 24.9. The summed E-state index contributed by atoms with van der Waals surface area (Å²) in [4.78, 5) is 35.1. The number of nitrogens with two attached hydrogens (primary N) is 2. The summed E-state index contributed by atoms with van der Waals surface area (Å²) in [6, 6.07) is 4.55. The minimum absolute atomic E-state index is 0.431. The van der Waals surface area contributed by atoms with Crippen LogP contribution in [0, 0.1) is 0 Å². The lowest BCUT2D eigenvalue weighted by atomic mass is 10.1. The van der Waals surface area contributed by atoms with Crippen molar-refractivity contribution in [2.45, 2.75) is 63.7 Å². The zero-order valence-electron chi connectivity index (χ0n) is 20.4. The van der Waals surface area contributed by atoms with Crippen LogP contribution in [0.25, 0.3) is 0 Å². The number of carboxylic acid groups (broad SMARTS) is 2. The summed E-state index contributed by atoms with van der Waals surface area (Å²) in [6.45, 7) is 4.50. The smallest absolute Gasteiger partial charge is 0.320 e. The number of carboxylic acids is 2. The van der Waals surface area contributed by atoms with Crippen molar-refractivity contribution in [3.63, 3.8) is 0 Å². The molecule has 6 N–H and O–H groups in total. The number of fused-ring (bicyclic) bond motifs is 2. The number of pyridine rings is 1. The molecule has 0 amide bonds. The Morgan fingerprint density at radius 2 is 1.29 bits per heavy atom. The van der Waals surface area contributed by atoms with Gasteiger partial charge in [0.1, 0.15) is 12.1 Å². The van der Waals surface area contributed by atoms with Crippen molar-refractivity contribution in [3.05, 3.63) is 29.6 Å². The van der Waals surface area contributed by atoms with Crippen LogP contribution in [-0.4, -0.2) is 100 Å². The molecule has 0 aromatic carbocycles. The Kier molecular flexibility index (Phi) is 12.4. The Morgan fingerprint density at radius 3 is 1.68 bits per heavy atom. The fraction of sp³-hybridized carbons (Fsp3) is 0.708. The summed E-state index contributed by atoms with van der Waals surface area (Å²) < 4.78 is 0. The van der Waals surface area contributed by atoms with Crippen LogP contribution in [0.15, 0.2) is 18.2 Å². The maximum absolute atomic E-state index is 12.1. The summed E-state index contributed by atoms with van der Waals surface area (Å²) in [5, 5.41) is 19.8. The van der Waals surface area contributed by atoms with Crippen molar-refractivity contribution in [1.82, 2.24) is 19.7 Å². The molecule has 0 saturated carbocycles. The van der Waals surface area contributed by atoms with Gasteiger partial charge in [0.05, 0.1) is 11.4 Å². The minimum Gasteiger partial charge on any atom is -0.480 e. The van der Waals surface area contributed by atoms with Gasteiger partial charge in [0.2, 0.25) is 0 Å². The zero-order valence-corrected chi connectivity index (χ0v) is 20.4. The van der Waals surface area contributed by atoms with E-state index < -0.39 is 24.0 Å². The third kappa shape index (κ3) is 9.27. The molecule has 1 aromatic heterocycles. The van der Waals surface area contributed by atoms with Gasteiger partial charge in [-0.05, 0) is 58.0 Å². The highest BCUT2D eigenvalue weighted by molar-refractivity contribution is 5.73. The number of nitrogens with zero attached hydrogens (tertiary/aromatic N) is 4. The molecule has 2 atom stereocenters. The SMILES string of the molecule is CN1CCN(C(CCCCN)C(=O)O)Cc2cccc(n2)CN(C(CCCCN)C(=O)O)CC1. The lowest BCUT2D eigenvalue weighted by molar-refractivity contribution is -0.144. The molecule has 0 spiro atoms. The van der Waals surface area contributed by atoms with Gasteiger partial charge in [-0.25, -0.2) is 0 Å². The van der Waals surface area contributed by atoms with Crippen LogP contribution < -0.4 is 11.5 Å². The first-order valence-electron chi connectivity index (χ1n) is 12.3. The third-order valence-corrected chi connectivity index (χ3v) is 6.45. The van der Waals surface area contributed by atoms with E-state index >= 15 is 0 Å². The standard InChI is InChI=1S/C24H42N6O4/c1-28-13-15-29(21(23(31)32)9-2-4-11-25)17-19-7-6-8-20(27-19)18-30(16-14-28)22(24(33)34)10-3-5-12-26/h6-8,21-22H,2-5,9-18,25-26H2,1H3,(H,31,32)(H,33,34). The second-order valence-electron chi connectivity index (χ2n) is 9.14. The van der Waals surface area contributed by atoms with Crippen LogP contribution in [0.5, 0.6) is 0 Å². The van der Waals surface area contributed by atoms with Gasteiger partial charge in [0, 0.05) is 39.3 Å². The predicted octanol–water partition coefficient (Wildman–Crippen LogP) is 0.795. The molecule has 1 aliphatic rings. The Balaban J connectivity index is 2.27. The molecule has 2 bridgehead atoms. The van der Waals surface area contributed by atoms with Gasteiger partial charge < -0.3 is 26.6 Å². The number of unbranched alkanes of at least 4 members (excludes halogenated alkanes) is 2. The molecule has 34 heavy (non-hydrogen) atoms. The molecule has 10 nitrogen and oxygen atoms in total. The van der Waals surface area contributed by atoms with Crippen LogP contribution in [-0.2, 0) is 22.7 Å². The molecule has 1 aliphatic heterocycles. The van der Waals surface area contributed by atoms with Crippen LogP contribution in [0.1, 0.15) is 49.9 Å². The first kappa shape index (κ1) is 28.1. The fourth-order valence-corrected chi connectivity index (χ4v) is 4.41. The summed E-state index contributed by atoms with van der Waals surface area (Å²) in [7, 11) is 1.99. The van der Waals surface area contributed by atoms with Crippen LogP contribution in [0.3, 0.4) is 0 Å². The summed E-state index contributed by atoms with van der Waals surface area (Å²) in [6.07, 6.45) is 4.24. The van der Waals surface area contributed by atoms with Crippen molar-refractivity contribution in [2.75, 3.05) is 46.3 Å². The molecule has 2 rings (SSSR count). The summed E-state index contributed by atoms with van der Waals surface area (Å²) >= 11 is 0. The lowest BCUT2D eigenvalue weighted by Gasteiger charge is -2.34. The molecular weight excluding hydrogens is 436 g/mol. The molecule has 0 fully saturated rings. The van der Waals surface area contributed by atoms with Gasteiger partial charge in [-0.3, -0.25) is 24.4 Å². The quantitative estimate of drug-likeness (QED) is 0.318. The number of rotatable bonds is 12. The van der Waals surface area contributed by atoms with E-state index in [1.165, 1.54) is 0 Å². The van der Waals surface area contributed by atoms with Crippen molar-refractivity contribution >= 4 is 11.9 Å². The Labute approximate surface area is 202 Å². The lowest BCUT2D eigenvalue weighted by Crippen LogP contribution is -2.47. The van der Waals surface area contributed by atoms with Crippen molar-refractivity contribution in [1.29, 1.82) is 0 Å². The monoisotopic (exact) mass is 478 g/mol. The van der Waals surface area contributed by atoms with Crippen molar-refractivity contribution < 1.29 is 19.8 Å². The highest BCUT2D eigenvalue weighted by atomic mass is 16.4. The van der Waals surface area contributed by atoms with E-state index in [0.29, 0.717) is 65.2 Å². The van der Waals surface area contributed by atoms with Crippen LogP contribution >= 0.6 is 0 Å². The van der Waals surface area contributed by atoms with Gasteiger partial charge >= 0.3 is 11.9 Å². The van der Waals surface area contributed by atoms with Crippen molar-refractivity contribution in [2.24, 2.45) is 11.5 Å². The maximum atomic E-state index is 12.1. The van der Waals surface area contributed by atoms with Gasteiger partial charge in [0.15, 0.2) is 0 Å². The molecule has 1 aromatic rings. The van der Waals surface area contributed by atoms with Gasteiger partial charge in [-0.15, -0.1) is 0 Å². The third-order valence-electron chi connectivity index (χ3n) is 6.45. The summed E-state index contributed by atoms with van der Waals surface area (Å²) in [5.74, 6) is -1.65. The second-order valence-corrected chi connectivity index (χ2v) is 9.14. The molecule has 0 radical (unpaired) electrons. The predicted molar refractivity (Wildman–Crippen MR) is 131 cm³/mol. The number of carbonyl (C=O) groups is 2. The first-order chi connectivity index (χ1) is 16.3. The first-order valence-corrected chi connectivity index (χ1v) is 12.3. The number of aromatic nitrogens is 1. The van der Waals surface area contributed by atoms with E-state index in [4.69, 9.17) is 16.5 Å². The van der Waals surface area contributed by atoms with Gasteiger partial charge in [-0.2, -0.15) is 0 Å². The largest absolute Gasteiger partial charge is 0.480 e. The number of hydrogen-bond acceptors (Lipinski definition) is 8. The second kappa shape index (κ2) is 15.0. The normalized spacial score (nSPS) is 18.6. The Hall–Kier alpha value is -2.11. The molecule has 2 unspecified atom stereocenters. The van der Waals surface area contributed by atoms with Crippen molar-refractivity contribution in [3.8, 4) is 0 Å².